The van der Waals surface area contributed by atoms with Gasteiger partial charge in [-0.15, -0.1) is 0 Å². The number of rotatable bonds is 4. The Balaban J connectivity index is 3.53. The first-order valence-corrected chi connectivity index (χ1v) is 6.38. The van der Waals surface area contributed by atoms with E-state index in [2.05, 4.69) is 20.8 Å². The molecule has 0 fully saturated rings. The Kier molecular flexibility index (Phi) is 4.84. The molecule has 17 heavy (non-hydrogen) atoms. The standard InChI is InChI=1S/C14H22ClNO/c1-8(2)11-6-12(15)10(4)13(9(3)7-16)14(11)17-5/h6,8-9H,7,16H2,1-5H3. The van der Waals surface area contributed by atoms with Gasteiger partial charge < -0.3 is 10.5 Å². The third kappa shape index (κ3) is 2.75. The SMILES string of the molecule is COc1c(C(C)C)cc(Cl)c(C)c1C(C)CN. The van der Waals surface area contributed by atoms with E-state index in [0.717, 1.165) is 27.5 Å². The van der Waals surface area contributed by atoms with Gasteiger partial charge in [-0.2, -0.15) is 0 Å². The second-order valence-corrected chi connectivity index (χ2v) is 5.22. The van der Waals surface area contributed by atoms with Crippen LogP contribution in [0.25, 0.3) is 0 Å². The quantitative estimate of drug-likeness (QED) is 0.887. The summed E-state index contributed by atoms with van der Waals surface area (Å²) in [4.78, 5) is 0. The Morgan fingerprint density at radius 2 is 1.94 bits per heavy atom. The Labute approximate surface area is 109 Å². The highest BCUT2D eigenvalue weighted by Crippen LogP contribution is 2.39. The van der Waals surface area contributed by atoms with E-state index < -0.39 is 0 Å². The lowest BCUT2D eigenvalue weighted by Crippen LogP contribution is -2.13. The number of ether oxygens (including phenoxy) is 1. The van der Waals surface area contributed by atoms with Crippen LogP contribution in [0.4, 0.5) is 0 Å². The number of methoxy groups -OCH3 is 1. The average Bonchev–Trinajstić information content (AvgIpc) is 2.30. The number of hydrogen-bond acceptors (Lipinski definition) is 2. The molecule has 0 bridgehead atoms. The lowest BCUT2D eigenvalue weighted by molar-refractivity contribution is 0.399. The molecule has 0 saturated carbocycles. The molecular formula is C14H22ClNO. The maximum Gasteiger partial charge on any atom is 0.126 e. The van der Waals surface area contributed by atoms with Gasteiger partial charge in [0.25, 0.3) is 0 Å². The molecule has 0 heterocycles. The minimum absolute atomic E-state index is 0.251. The Bertz CT molecular complexity index is 402. The molecule has 96 valence electrons. The number of halogens is 1. The molecule has 2 N–H and O–H groups in total. The zero-order valence-electron chi connectivity index (χ0n) is 11.3. The maximum atomic E-state index is 6.30. The molecule has 0 aliphatic carbocycles. The van der Waals surface area contributed by atoms with Crippen LogP contribution in [-0.4, -0.2) is 13.7 Å². The van der Waals surface area contributed by atoms with Crippen LogP contribution >= 0.6 is 11.6 Å². The molecule has 0 aromatic heterocycles. The first kappa shape index (κ1) is 14.3. The van der Waals surface area contributed by atoms with E-state index >= 15 is 0 Å². The first-order valence-electron chi connectivity index (χ1n) is 6.00. The number of nitrogens with two attached hydrogens (primary N) is 1. The summed E-state index contributed by atoms with van der Waals surface area (Å²) in [6, 6.07) is 2.01. The molecule has 0 amide bonds. The predicted molar refractivity (Wildman–Crippen MR) is 74.3 cm³/mol. The van der Waals surface area contributed by atoms with E-state index in [0.29, 0.717) is 12.5 Å². The number of hydrogen-bond donors (Lipinski definition) is 1. The molecule has 0 saturated heterocycles. The van der Waals surface area contributed by atoms with Crippen molar-refractivity contribution in [3.63, 3.8) is 0 Å². The molecule has 0 radical (unpaired) electrons. The highest BCUT2D eigenvalue weighted by Gasteiger charge is 2.20. The van der Waals surface area contributed by atoms with Crippen molar-refractivity contribution in [1.29, 1.82) is 0 Å². The predicted octanol–water partition coefficient (Wildman–Crippen LogP) is 3.84. The van der Waals surface area contributed by atoms with E-state index in [1.165, 1.54) is 0 Å². The van der Waals surface area contributed by atoms with Gasteiger partial charge in [0, 0.05) is 10.6 Å². The van der Waals surface area contributed by atoms with Crippen LogP contribution in [0.1, 0.15) is 49.3 Å². The fourth-order valence-corrected chi connectivity index (χ4v) is 2.35. The summed E-state index contributed by atoms with van der Waals surface area (Å²) < 4.78 is 5.58. The van der Waals surface area contributed by atoms with Gasteiger partial charge in [0.15, 0.2) is 0 Å². The van der Waals surface area contributed by atoms with Crippen molar-refractivity contribution >= 4 is 11.6 Å². The second-order valence-electron chi connectivity index (χ2n) is 4.81. The largest absolute Gasteiger partial charge is 0.496 e. The van der Waals surface area contributed by atoms with Crippen LogP contribution < -0.4 is 10.5 Å². The smallest absolute Gasteiger partial charge is 0.126 e. The topological polar surface area (TPSA) is 35.2 Å². The van der Waals surface area contributed by atoms with E-state index in [1.807, 2.05) is 13.0 Å². The summed E-state index contributed by atoms with van der Waals surface area (Å²) in [6.45, 7) is 9.00. The molecule has 0 aliphatic heterocycles. The fourth-order valence-electron chi connectivity index (χ4n) is 2.13. The lowest BCUT2D eigenvalue weighted by Gasteiger charge is -2.22. The highest BCUT2D eigenvalue weighted by molar-refractivity contribution is 6.31. The van der Waals surface area contributed by atoms with Crippen molar-refractivity contribution < 1.29 is 4.74 Å². The number of benzene rings is 1. The normalized spacial score (nSPS) is 12.9. The molecule has 1 unspecified atom stereocenters. The third-order valence-electron chi connectivity index (χ3n) is 3.22. The maximum absolute atomic E-state index is 6.30. The third-order valence-corrected chi connectivity index (χ3v) is 3.62. The average molecular weight is 256 g/mol. The van der Waals surface area contributed by atoms with Crippen molar-refractivity contribution in [2.75, 3.05) is 13.7 Å². The lowest BCUT2D eigenvalue weighted by atomic mass is 9.89. The van der Waals surface area contributed by atoms with Crippen LogP contribution in [0, 0.1) is 6.92 Å². The summed E-state index contributed by atoms with van der Waals surface area (Å²) >= 11 is 6.30. The molecule has 1 aromatic rings. The van der Waals surface area contributed by atoms with Gasteiger partial charge >= 0.3 is 0 Å². The Morgan fingerprint density at radius 3 is 2.35 bits per heavy atom. The Hall–Kier alpha value is -0.730. The zero-order chi connectivity index (χ0) is 13.2. The molecule has 1 rings (SSSR count). The molecule has 1 aromatic carbocycles. The van der Waals surface area contributed by atoms with Crippen LogP contribution in [0.2, 0.25) is 5.02 Å². The second kappa shape index (κ2) is 5.74. The summed E-state index contributed by atoms with van der Waals surface area (Å²) in [5, 5.41) is 0.796. The molecule has 0 spiro atoms. The summed E-state index contributed by atoms with van der Waals surface area (Å²) in [5.74, 6) is 1.58. The van der Waals surface area contributed by atoms with Crippen molar-refractivity contribution in [2.45, 2.75) is 39.5 Å². The molecule has 0 aliphatic rings. The van der Waals surface area contributed by atoms with E-state index in [1.54, 1.807) is 7.11 Å². The Morgan fingerprint density at radius 1 is 1.35 bits per heavy atom. The monoisotopic (exact) mass is 255 g/mol. The fraction of sp³-hybridized carbons (Fsp3) is 0.571. The summed E-state index contributed by atoms with van der Waals surface area (Å²) in [6.07, 6.45) is 0. The first-order chi connectivity index (χ1) is 7.93. The zero-order valence-corrected chi connectivity index (χ0v) is 12.1. The van der Waals surface area contributed by atoms with E-state index in [-0.39, 0.29) is 5.92 Å². The van der Waals surface area contributed by atoms with Gasteiger partial charge in [0.1, 0.15) is 5.75 Å². The van der Waals surface area contributed by atoms with Gasteiger partial charge in [-0.3, -0.25) is 0 Å². The highest BCUT2D eigenvalue weighted by atomic mass is 35.5. The van der Waals surface area contributed by atoms with Crippen LogP contribution in [0.3, 0.4) is 0 Å². The van der Waals surface area contributed by atoms with Gasteiger partial charge in [-0.1, -0.05) is 32.4 Å². The minimum Gasteiger partial charge on any atom is -0.496 e. The summed E-state index contributed by atoms with van der Waals surface area (Å²) in [5.41, 5.74) is 9.14. The van der Waals surface area contributed by atoms with E-state index in [9.17, 15) is 0 Å². The van der Waals surface area contributed by atoms with Crippen molar-refractivity contribution in [1.82, 2.24) is 0 Å². The van der Waals surface area contributed by atoms with E-state index in [4.69, 9.17) is 22.1 Å². The minimum atomic E-state index is 0.251. The van der Waals surface area contributed by atoms with Crippen LogP contribution in [-0.2, 0) is 0 Å². The molecule has 2 nitrogen and oxygen atoms in total. The molecule has 1 atom stereocenters. The van der Waals surface area contributed by atoms with Crippen molar-refractivity contribution in [2.24, 2.45) is 5.73 Å². The van der Waals surface area contributed by atoms with Gasteiger partial charge in [0.2, 0.25) is 0 Å². The van der Waals surface area contributed by atoms with Gasteiger partial charge in [-0.25, -0.2) is 0 Å². The van der Waals surface area contributed by atoms with Crippen LogP contribution in [0.15, 0.2) is 6.07 Å². The van der Waals surface area contributed by atoms with Gasteiger partial charge in [-0.05, 0) is 42.5 Å². The van der Waals surface area contributed by atoms with Gasteiger partial charge in [0.05, 0.1) is 7.11 Å². The van der Waals surface area contributed by atoms with Crippen LogP contribution in [0.5, 0.6) is 5.75 Å². The molecular weight excluding hydrogens is 234 g/mol. The summed E-state index contributed by atoms with van der Waals surface area (Å²) in [7, 11) is 1.71. The van der Waals surface area contributed by atoms with Crippen molar-refractivity contribution in [3.8, 4) is 5.75 Å². The van der Waals surface area contributed by atoms with Crippen molar-refractivity contribution in [3.05, 3.63) is 27.8 Å². The molecule has 3 heteroatoms.